The minimum Gasteiger partial charge on any atom is -0.507 e. The van der Waals surface area contributed by atoms with Gasteiger partial charge in [0, 0.05) is 0 Å². The number of hydrogen-bond acceptors (Lipinski definition) is 4. The van der Waals surface area contributed by atoms with Gasteiger partial charge in [0.15, 0.2) is 0 Å². The van der Waals surface area contributed by atoms with Crippen molar-refractivity contribution in [1.29, 1.82) is 0 Å². The highest BCUT2D eigenvalue weighted by molar-refractivity contribution is 7.23. The summed E-state index contributed by atoms with van der Waals surface area (Å²) < 4.78 is 0.509. The molecule has 0 unspecified atom stereocenters. The first kappa shape index (κ1) is 8.83. The second-order valence-electron chi connectivity index (χ2n) is 2.83. The number of carboxylic acids is 1. The summed E-state index contributed by atoms with van der Waals surface area (Å²) in [6.45, 7) is 0. The third kappa shape index (κ3) is 1.18. The highest BCUT2D eigenvalue weighted by Gasteiger charge is 2.15. The maximum atomic E-state index is 10.9. The van der Waals surface area contributed by atoms with Gasteiger partial charge in [0.1, 0.15) is 11.3 Å². The zero-order valence-electron chi connectivity index (χ0n) is 7.02. The van der Waals surface area contributed by atoms with Crippen molar-refractivity contribution in [2.24, 2.45) is 0 Å². The van der Waals surface area contributed by atoms with Gasteiger partial charge >= 0.3 is 5.97 Å². The van der Waals surface area contributed by atoms with Crippen molar-refractivity contribution in [1.82, 2.24) is 0 Å². The van der Waals surface area contributed by atoms with Crippen LogP contribution >= 0.6 is 11.3 Å². The predicted octanol–water partition coefficient (Wildman–Crippen LogP) is 1.89. The van der Waals surface area contributed by atoms with Crippen molar-refractivity contribution in [3.05, 3.63) is 23.8 Å². The molecule has 1 heterocycles. The Morgan fingerprint density at radius 2 is 2.14 bits per heavy atom. The van der Waals surface area contributed by atoms with E-state index in [0.29, 0.717) is 9.70 Å². The molecule has 4 nitrogen and oxygen atoms in total. The van der Waals surface area contributed by atoms with Crippen LogP contribution in [0.3, 0.4) is 0 Å². The molecule has 0 fully saturated rings. The summed E-state index contributed by atoms with van der Waals surface area (Å²) in [4.78, 5) is 10.9. The smallest absolute Gasteiger partial charge is 0.340 e. The quantitative estimate of drug-likeness (QED) is 0.669. The van der Waals surface area contributed by atoms with Gasteiger partial charge in [0.2, 0.25) is 0 Å². The Morgan fingerprint density at radius 3 is 2.79 bits per heavy atom. The zero-order valence-corrected chi connectivity index (χ0v) is 7.84. The van der Waals surface area contributed by atoms with Gasteiger partial charge in [-0.3, -0.25) is 0 Å². The highest BCUT2D eigenvalue weighted by Crippen LogP contribution is 2.34. The lowest BCUT2D eigenvalue weighted by Gasteiger charge is -1.99. The largest absolute Gasteiger partial charge is 0.507 e. The second-order valence-corrected chi connectivity index (χ2v) is 3.92. The van der Waals surface area contributed by atoms with Crippen molar-refractivity contribution in [2.45, 2.75) is 0 Å². The Hall–Kier alpha value is -1.75. The molecule has 5 heteroatoms. The fraction of sp³-hybridized carbons (Fsp3) is 0. The lowest BCUT2D eigenvalue weighted by molar-refractivity contribution is 0.0696. The number of benzene rings is 1. The van der Waals surface area contributed by atoms with E-state index in [9.17, 15) is 9.90 Å². The molecule has 0 saturated heterocycles. The maximum Gasteiger partial charge on any atom is 0.340 e. The van der Waals surface area contributed by atoms with Crippen LogP contribution < -0.4 is 5.73 Å². The van der Waals surface area contributed by atoms with E-state index in [1.54, 1.807) is 12.1 Å². The molecule has 0 atom stereocenters. The fourth-order valence-corrected chi connectivity index (χ4v) is 2.28. The SMILES string of the molecule is Nc1cc2ccc(O)c(C(=O)O)c2s1. The van der Waals surface area contributed by atoms with Crippen LogP contribution in [0.15, 0.2) is 18.2 Å². The van der Waals surface area contributed by atoms with Crippen LogP contribution in [0.1, 0.15) is 10.4 Å². The van der Waals surface area contributed by atoms with Gasteiger partial charge < -0.3 is 15.9 Å². The van der Waals surface area contributed by atoms with Gasteiger partial charge in [-0.15, -0.1) is 11.3 Å². The van der Waals surface area contributed by atoms with E-state index in [1.165, 1.54) is 6.07 Å². The summed E-state index contributed by atoms with van der Waals surface area (Å²) in [5.74, 6) is -1.37. The number of nitrogen functional groups attached to an aromatic ring is 1. The summed E-state index contributed by atoms with van der Waals surface area (Å²) in [6.07, 6.45) is 0. The number of fused-ring (bicyclic) bond motifs is 1. The van der Waals surface area contributed by atoms with Crippen LogP contribution in [0.5, 0.6) is 5.75 Å². The second kappa shape index (κ2) is 2.88. The molecular formula is C9H7NO3S. The standard InChI is InChI=1S/C9H7NO3S/c10-6-3-4-1-2-5(11)7(9(12)13)8(4)14-6/h1-3,11H,10H2,(H,12,13). The van der Waals surface area contributed by atoms with Gasteiger partial charge in [-0.2, -0.15) is 0 Å². The lowest BCUT2D eigenvalue weighted by atomic mass is 10.1. The topological polar surface area (TPSA) is 83.5 Å². The third-order valence-electron chi connectivity index (χ3n) is 1.90. The van der Waals surface area contributed by atoms with Gasteiger partial charge in [-0.25, -0.2) is 4.79 Å². The van der Waals surface area contributed by atoms with Crippen LogP contribution in [0, 0.1) is 0 Å². The van der Waals surface area contributed by atoms with E-state index in [1.807, 2.05) is 0 Å². The monoisotopic (exact) mass is 209 g/mol. The highest BCUT2D eigenvalue weighted by atomic mass is 32.1. The van der Waals surface area contributed by atoms with Gasteiger partial charge in [-0.1, -0.05) is 0 Å². The van der Waals surface area contributed by atoms with E-state index >= 15 is 0 Å². The molecule has 72 valence electrons. The molecule has 14 heavy (non-hydrogen) atoms. The van der Waals surface area contributed by atoms with Gasteiger partial charge in [0.25, 0.3) is 0 Å². The molecular weight excluding hydrogens is 202 g/mol. The molecule has 0 amide bonds. The van der Waals surface area contributed by atoms with Crippen molar-refractivity contribution in [3.8, 4) is 5.75 Å². The summed E-state index contributed by atoms with van der Waals surface area (Å²) in [5.41, 5.74) is 5.47. The number of carboxylic acid groups (broad SMARTS) is 1. The van der Waals surface area contributed by atoms with E-state index in [4.69, 9.17) is 10.8 Å². The molecule has 0 aliphatic rings. The Morgan fingerprint density at radius 1 is 1.43 bits per heavy atom. The Bertz CT molecular complexity index is 518. The number of nitrogens with two attached hydrogens (primary N) is 1. The Balaban J connectivity index is 2.88. The average Bonchev–Trinajstić information content (AvgIpc) is 2.43. The average molecular weight is 209 g/mol. The molecule has 0 bridgehead atoms. The first-order valence-corrected chi connectivity index (χ1v) is 4.65. The first-order chi connectivity index (χ1) is 6.59. The molecule has 0 aliphatic carbocycles. The van der Waals surface area contributed by atoms with E-state index in [2.05, 4.69) is 0 Å². The van der Waals surface area contributed by atoms with Crippen LogP contribution in [-0.4, -0.2) is 16.2 Å². The number of hydrogen-bond donors (Lipinski definition) is 3. The molecule has 0 radical (unpaired) electrons. The summed E-state index contributed by atoms with van der Waals surface area (Å²) in [7, 11) is 0. The van der Waals surface area contributed by atoms with Crippen LogP contribution in [-0.2, 0) is 0 Å². The van der Waals surface area contributed by atoms with Crippen molar-refractivity contribution in [2.75, 3.05) is 5.73 Å². The molecule has 0 aliphatic heterocycles. The number of thiophene rings is 1. The molecule has 2 rings (SSSR count). The number of anilines is 1. The molecule has 1 aromatic heterocycles. The molecule has 1 aromatic carbocycles. The van der Waals surface area contributed by atoms with Gasteiger partial charge in [-0.05, 0) is 23.6 Å². The summed E-state index contributed by atoms with van der Waals surface area (Å²) in [6, 6.07) is 4.69. The molecule has 0 saturated carbocycles. The van der Waals surface area contributed by atoms with E-state index in [-0.39, 0.29) is 11.3 Å². The van der Waals surface area contributed by atoms with Crippen LogP contribution in [0.25, 0.3) is 10.1 Å². The van der Waals surface area contributed by atoms with Gasteiger partial charge in [0.05, 0.1) is 9.70 Å². The molecule has 4 N–H and O–H groups in total. The van der Waals surface area contributed by atoms with E-state index < -0.39 is 5.97 Å². The van der Waals surface area contributed by atoms with Crippen LogP contribution in [0.4, 0.5) is 5.00 Å². The molecule has 0 spiro atoms. The number of rotatable bonds is 1. The third-order valence-corrected chi connectivity index (χ3v) is 2.90. The zero-order chi connectivity index (χ0) is 10.3. The Labute approximate surface area is 83.2 Å². The minimum absolute atomic E-state index is 0.0794. The number of aromatic carboxylic acids is 1. The first-order valence-electron chi connectivity index (χ1n) is 3.84. The van der Waals surface area contributed by atoms with E-state index in [0.717, 1.165) is 16.7 Å². The van der Waals surface area contributed by atoms with Crippen molar-refractivity contribution < 1.29 is 15.0 Å². The fourth-order valence-electron chi connectivity index (χ4n) is 1.32. The minimum atomic E-state index is -1.14. The maximum absolute atomic E-state index is 10.9. The van der Waals surface area contributed by atoms with Crippen molar-refractivity contribution in [3.63, 3.8) is 0 Å². The predicted molar refractivity (Wildman–Crippen MR) is 54.9 cm³/mol. The normalized spacial score (nSPS) is 10.6. The Kier molecular flexibility index (Phi) is 1.82. The number of aromatic hydroxyl groups is 1. The number of phenols is 1. The molecule has 2 aromatic rings. The van der Waals surface area contributed by atoms with Crippen molar-refractivity contribution >= 4 is 32.4 Å². The summed E-state index contributed by atoms with van der Waals surface area (Å²) >= 11 is 1.16. The number of carbonyl (C=O) groups is 1. The lowest BCUT2D eigenvalue weighted by Crippen LogP contribution is -1.96. The summed E-state index contributed by atoms with van der Waals surface area (Å²) in [5, 5.41) is 19.5. The van der Waals surface area contributed by atoms with Crippen LogP contribution in [0.2, 0.25) is 0 Å².